The molecule has 0 amide bonds. The molecule has 1 aliphatic carbocycles. The number of esters is 2. The molecule has 5 rings (SSSR count). The normalized spacial score (nSPS) is 22.1. The van der Waals surface area contributed by atoms with E-state index in [0.717, 1.165) is 0 Å². The van der Waals surface area contributed by atoms with Crippen molar-refractivity contribution in [3.63, 3.8) is 0 Å². The third-order valence-electron chi connectivity index (χ3n) is 7.80. The van der Waals surface area contributed by atoms with Crippen LogP contribution in [0.25, 0.3) is 11.1 Å². The van der Waals surface area contributed by atoms with Crippen LogP contribution in [0.4, 0.5) is 0 Å². The van der Waals surface area contributed by atoms with Crippen molar-refractivity contribution >= 4 is 11.9 Å². The second-order valence-corrected chi connectivity index (χ2v) is 10.2. The molecule has 0 saturated carbocycles. The van der Waals surface area contributed by atoms with E-state index in [-0.39, 0.29) is 52.0 Å². The summed E-state index contributed by atoms with van der Waals surface area (Å²) >= 11 is 0. The molecule has 42 heavy (non-hydrogen) atoms. The van der Waals surface area contributed by atoms with Gasteiger partial charge in [-0.15, -0.1) is 0 Å². The Bertz CT molecular complexity index is 1530. The van der Waals surface area contributed by atoms with E-state index in [1.807, 2.05) is 0 Å². The van der Waals surface area contributed by atoms with Crippen molar-refractivity contribution in [1.29, 1.82) is 0 Å². The Morgan fingerprint density at radius 1 is 0.929 bits per heavy atom. The number of fused-ring (bicyclic) bond motifs is 4. The SMILES string of the molecule is COc1cc2c(c(O)c1OC)-c1c(cc3c(c1OC)OCO3)[C@H](OC(C)=O)[C@H](C)[C@](C)(O)[C@H]2OC(=O)c1ccccc1. The molecule has 0 unspecified atom stereocenters. The largest absolute Gasteiger partial charge is 0.504 e. The van der Waals surface area contributed by atoms with E-state index < -0.39 is 41.4 Å². The van der Waals surface area contributed by atoms with Gasteiger partial charge in [0.1, 0.15) is 11.7 Å². The molecule has 4 atom stereocenters. The number of rotatable bonds is 6. The van der Waals surface area contributed by atoms with Gasteiger partial charge in [0.15, 0.2) is 29.1 Å². The fraction of sp³-hybridized carbons (Fsp3) is 0.355. The lowest BCUT2D eigenvalue weighted by Gasteiger charge is -2.43. The number of hydrogen-bond acceptors (Lipinski definition) is 11. The molecule has 2 aliphatic rings. The number of aliphatic hydroxyl groups is 1. The molecule has 0 bridgehead atoms. The van der Waals surface area contributed by atoms with Gasteiger partial charge in [0, 0.05) is 35.1 Å². The van der Waals surface area contributed by atoms with Crippen LogP contribution in [0.1, 0.15) is 54.5 Å². The van der Waals surface area contributed by atoms with Crippen LogP contribution in [0.5, 0.6) is 34.5 Å². The summed E-state index contributed by atoms with van der Waals surface area (Å²) in [5.74, 6) is -1.78. The van der Waals surface area contributed by atoms with Gasteiger partial charge in [0.25, 0.3) is 0 Å². The first-order valence-corrected chi connectivity index (χ1v) is 13.2. The van der Waals surface area contributed by atoms with Crippen LogP contribution in [0.2, 0.25) is 0 Å². The van der Waals surface area contributed by atoms with Crippen LogP contribution >= 0.6 is 0 Å². The van der Waals surface area contributed by atoms with Crippen LogP contribution in [0, 0.1) is 5.92 Å². The molecule has 1 heterocycles. The van der Waals surface area contributed by atoms with Gasteiger partial charge in [0.05, 0.1) is 26.9 Å². The number of carbonyl (C=O) groups excluding carboxylic acids is 2. The molecular formula is C31H32O11. The van der Waals surface area contributed by atoms with E-state index in [2.05, 4.69) is 0 Å². The number of phenolic OH excluding ortho intramolecular Hbond substituents is 1. The summed E-state index contributed by atoms with van der Waals surface area (Å²) in [6.45, 7) is 4.30. The molecule has 11 nitrogen and oxygen atoms in total. The number of carbonyl (C=O) groups is 2. The highest BCUT2D eigenvalue weighted by Gasteiger charge is 2.51. The van der Waals surface area contributed by atoms with E-state index in [4.69, 9.17) is 33.2 Å². The number of aromatic hydroxyl groups is 1. The zero-order chi connectivity index (χ0) is 30.3. The molecule has 2 N–H and O–H groups in total. The number of hydrogen-bond donors (Lipinski definition) is 2. The van der Waals surface area contributed by atoms with E-state index >= 15 is 0 Å². The zero-order valence-electron chi connectivity index (χ0n) is 24.0. The molecular weight excluding hydrogens is 548 g/mol. The predicted octanol–water partition coefficient (Wildman–Crippen LogP) is 4.72. The van der Waals surface area contributed by atoms with Crippen LogP contribution in [-0.4, -0.2) is 55.9 Å². The summed E-state index contributed by atoms with van der Waals surface area (Å²) in [5, 5.41) is 24.0. The van der Waals surface area contributed by atoms with Gasteiger partial charge in [0.2, 0.25) is 18.3 Å². The Kier molecular flexibility index (Phi) is 7.55. The van der Waals surface area contributed by atoms with Gasteiger partial charge in [-0.25, -0.2) is 4.79 Å². The standard InChI is InChI=1S/C31H32O11/c1-15-25(41-16(2)32)18-12-21-27(40-14-39-21)28(38-6)23(18)22-19(13-20(36-4)26(37-5)24(22)33)29(31(15,3)35)42-30(34)17-10-8-7-9-11-17/h7-13,15,25,29,33,35H,14H2,1-6H3/t15-,25+,29-,31-/m0/s1. The van der Waals surface area contributed by atoms with Crippen molar-refractivity contribution in [2.75, 3.05) is 28.1 Å². The van der Waals surface area contributed by atoms with Crippen LogP contribution in [0.3, 0.4) is 0 Å². The molecule has 11 heteroatoms. The molecule has 3 aromatic carbocycles. The van der Waals surface area contributed by atoms with E-state index in [1.54, 1.807) is 43.3 Å². The van der Waals surface area contributed by atoms with Gasteiger partial charge in [-0.2, -0.15) is 0 Å². The smallest absolute Gasteiger partial charge is 0.338 e. The quantitative estimate of drug-likeness (QED) is 0.392. The van der Waals surface area contributed by atoms with Gasteiger partial charge in [-0.05, 0) is 31.2 Å². The van der Waals surface area contributed by atoms with Crippen molar-refractivity contribution in [2.45, 2.75) is 38.6 Å². The summed E-state index contributed by atoms with van der Waals surface area (Å²) in [5.41, 5.74) is -0.738. The minimum Gasteiger partial charge on any atom is -0.504 e. The Balaban J connectivity index is 1.91. The minimum atomic E-state index is -1.88. The summed E-state index contributed by atoms with van der Waals surface area (Å²) in [4.78, 5) is 25.9. The van der Waals surface area contributed by atoms with Crippen molar-refractivity contribution in [3.8, 4) is 45.6 Å². The molecule has 1 aliphatic heterocycles. The Morgan fingerprint density at radius 3 is 2.24 bits per heavy atom. The molecule has 3 aromatic rings. The summed E-state index contributed by atoms with van der Waals surface area (Å²) in [6, 6.07) is 11.4. The van der Waals surface area contributed by atoms with Crippen LogP contribution < -0.4 is 23.7 Å². The monoisotopic (exact) mass is 580 g/mol. The maximum atomic E-state index is 13.5. The highest BCUT2D eigenvalue weighted by atomic mass is 16.7. The first-order valence-electron chi connectivity index (χ1n) is 13.2. The van der Waals surface area contributed by atoms with E-state index in [9.17, 15) is 19.8 Å². The number of ether oxygens (including phenoxy) is 7. The van der Waals surface area contributed by atoms with Gasteiger partial charge in [-0.3, -0.25) is 4.79 Å². The first-order chi connectivity index (χ1) is 20.0. The zero-order valence-corrected chi connectivity index (χ0v) is 24.0. The fourth-order valence-corrected chi connectivity index (χ4v) is 5.58. The average molecular weight is 581 g/mol. The van der Waals surface area contributed by atoms with Gasteiger partial charge < -0.3 is 43.4 Å². The summed E-state index contributed by atoms with van der Waals surface area (Å²) < 4.78 is 40.1. The molecule has 0 aromatic heterocycles. The summed E-state index contributed by atoms with van der Waals surface area (Å²) in [7, 11) is 4.17. The van der Waals surface area contributed by atoms with Crippen LogP contribution in [-0.2, 0) is 14.3 Å². The third kappa shape index (κ3) is 4.59. The maximum absolute atomic E-state index is 13.5. The third-order valence-corrected chi connectivity index (χ3v) is 7.80. The lowest BCUT2D eigenvalue weighted by molar-refractivity contribution is -0.166. The lowest BCUT2D eigenvalue weighted by atomic mass is 9.71. The minimum absolute atomic E-state index is 0.0210. The van der Waals surface area contributed by atoms with Crippen molar-refractivity contribution in [2.24, 2.45) is 5.92 Å². The second kappa shape index (κ2) is 11.0. The Hall–Kier alpha value is -4.64. The first kappa shape index (κ1) is 28.9. The molecule has 0 radical (unpaired) electrons. The topological polar surface area (TPSA) is 139 Å². The molecule has 0 saturated heterocycles. The van der Waals surface area contributed by atoms with Crippen LogP contribution in [0.15, 0.2) is 42.5 Å². The van der Waals surface area contributed by atoms with Gasteiger partial charge in [-0.1, -0.05) is 25.1 Å². The predicted molar refractivity (Wildman–Crippen MR) is 148 cm³/mol. The average Bonchev–Trinajstić information content (AvgIpc) is 3.45. The number of methoxy groups -OCH3 is 3. The number of phenols is 1. The van der Waals surface area contributed by atoms with E-state index in [1.165, 1.54) is 41.2 Å². The van der Waals surface area contributed by atoms with E-state index in [0.29, 0.717) is 11.3 Å². The van der Waals surface area contributed by atoms with Crippen molar-refractivity contribution in [3.05, 3.63) is 59.2 Å². The Morgan fingerprint density at radius 2 is 1.62 bits per heavy atom. The molecule has 222 valence electrons. The van der Waals surface area contributed by atoms with Gasteiger partial charge >= 0.3 is 11.9 Å². The summed E-state index contributed by atoms with van der Waals surface area (Å²) in [6.07, 6.45) is -2.53. The second-order valence-electron chi connectivity index (χ2n) is 10.2. The molecule has 0 spiro atoms. The Labute approximate surface area is 242 Å². The van der Waals surface area contributed by atoms with Crippen molar-refractivity contribution in [1.82, 2.24) is 0 Å². The molecule has 0 fully saturated rings. The highest BCUT2D eigenvalue weighted by molar-refractivity contribution is 5.91. The number of benzene rings is 3. The highest BCUT2D eigenvalue weighted by Crippen LogP contribution is 2.61. The van der Waals surface area contributed by atoms with Crippen molar-refractivity contribution < 1.29 is 53.0 Å². The maximum Gasteiger partial charge on any atom is 0.338 e. The lowest BCUT2D eigenvalue weighted by Crippen LogP contribution is -2.46. The fourth-order valence-electron chi connectivity index (χ4n) is 5.58.